The van der Waals surface area contributed by atoms with Crippen molar-refractivity contribution in [1.82, 2.24) is 0 Å². The molecule has 1 aromatic carbocycles. The standard InChI is InChI=1S/C14H14O/c15-9-13-11-6-7-12(8-11)14(13)10-4-2-1-3-5-10/h1-7,9,11-14H,8H2/t11-,12+,13-,14?/m0/s1. The van der Waals surface area contributed by atoms with Gasteiger partial charge in [0.2, 0.25) is 0 Å². The van der Waals surface area contributed by atoms with Crippen LogP contribution >= 0.6 is 0 Å². The van der Waals surface area contributed by atoms with Crippen LogP contribution in [0.4, 0.5) is 0 Å². The fraction of sp³-hybridized carbons (Fsp3) is 0.357. The van der Waals surface area contributed by atoms with Gasteiger partial charge >= 0.3 is 0 Å². The molecular formula is C14H14O. The van der Waals surface area contributed by atoms with Gasteiger partial charge in [-0.1, -0.05) is 42.5 Å². The first kappa shape index (κ1) is 8.90. The molecule has 1 unspecified atom stereocenters. The van der Waals surface area contributed by atoms with E-state index in [1.165, 1.54) is 12.0 Å². The van der Waals surface area contributed by atoms with Crippen molar-refractivity contribution in [3.63, 3.8) is 0 Å². The molecule has 0 N–H and O–H groups in total. The Morgan fingerprint density at radius 1 is 1.07 bits per heavy atom. The van der Waals surface area contributed by atoms with E-state index < -0.39 is 0 Å². The second-order valence-corrected chi connectivity index (χ2v) is 4.60. The predicted octanol–water partition coefficient (Wildman–Crippen LogP) is 2.79. The van der Waals surface area contributed by atoms with Crippen LogP contribution in [0.1, 0.15) is 17.9 Å². The number of aldehydes is 1. The van der Waals surface area contributed by atoms with Crippen molar-refractivity contribution in [3.05, 3.63) is 48.0 Å². The molecule has 76 valence electrons. The van der Waals surface area contributed by atoms with Crippen LogP contribution < -0.4 is 0 Å². The highest BCUT2D eigenvalue weighted by Crippen LogP contribution is 2.51. The molecule has 0 aliphatic heterocycles. The Kier molecular flexibility index (Phi) is 1.98. The summed E-state index contributed by atoms with van der Waals surface area (Å²) in [5.41, 5.74) is 1.33. The van der Waals surface area contributed by atoms with E-state index in [2.05, 4.69) is 36.4 Å². The first-order chi connectivity index (χ1) is 7.40. The molecule has 1 saturated carbocycles. The summed E-state index contributed by atoms with van der Waals surface area (Å²) in [6.07, 6.45) is 6.85. The van der Waals surface area contributed by atoms with Crippen LogP contribution in [-0.4, -0.2) is 6.29 Å². The van der Waals surface area contributed by atoms with Gasteiger partial charge in [-0.15, -0.1) is 0 Å². The third-order valence-corrected chi connectivity index (χ3v) is 3.86. The highest BCUT2D eigenvalue weighted by atomic mass is 16.1. The lowest BCUT2D eigenvalue weighted by atomic mass is 9.79. The van der Waals surface area contributed by atoms with Crippen LogP contribution in [0.3, 0.4) is 0 Å². The average molecular weight is 198 g/mol. The molecule has 1 fully saturated rings. The predicted molar refractivity (Wildman–Crippen MR) is 59.5 cm³/mol. The summed E-state index contributed by atoms with van der Waals surface area (Å²) in [6.45, 7) is 0. The third-order valence-electron chi connectivity index (χ3n) is 3.86. The SMILES string of the molecule is O=C[C@@H]1C(c2ccccc2)[C@@H]2C=C[C@H]1C2. The van der Waals surface area contributed by atoms with Crippen molar-refractivity contribution in [1.29, 1.82) is 0 Å². The quantitative estimate of drug-likeness (QED) is 0.527. The summed E-state index contributed by atoms with van der Waals surface area (Å²) < 4.78 is 0. The molecule has 2 aliphatic rings. The van der Waals surface area contributed by atoms with Crippen LogP contribution in [0.2, 0.25) is 0 Å². The highest BCUT2D eigenvalue weighted by molar-refractivity contribution is 5.59. The highest BCUT2D eigenvalue weighted by Gasteiger charge is 2.44. The molecule has 0 spiro atoms. The van der Waals surface area contributed by atoms with E-state index in [-0.39, 0.29) is 5.92 Å². The molecule has 0 saturated heterocycles. The van der Waals surface area contributed by atoms with Gasteiger partial charge in [0.15, 0.2) is 0 Å². The Morgan fingerprint density at radius 2 is 1.80 bits per heavy atom. The summed E-state index contributed by atoms with van der Waals surface area (Å²) in [5, 5.41) is 0. The van der Waals surface area contributed by atoms with Gasteiger partial charge in [-0.05, 0) is 23.8 Å². The molecule has 1 heteroatoms. The fourth-order valence-electron chi connectivity index (χ4n) is 3.19. The fourth-order valence-corrected chi connectivity index (χ4v) is 3.19. The molecule has 3 rings (SSSR count). The smallest absolute Gasteiger partial charge is 0.124 e. The van der Waals surface area contributed by atoms with Gasteiger partial charge < -0.3 is 4.79 Å². The summed E-state index contributed by atoms with van der Waals surface area (Å²) >= 11 is 0. The van der Waals surface area contributed by atoms with Gasteiger partial charge in [-0.3, -0.25) is 0 Å². The molecule has 4 atom stereocenters. The van der Waals surface area contributed by atoms with Crippen LogP contribution in [0.5, 0.6) is 0 Å². The van der Waals surface area contributed by atoms with E-state index in [0.717, 1.165) is 6.29 Å². The minimum absolute atomic E-state index is 0.211. The molecule has 1 aromatic rings. The van der Waals surface area contributed by atoms with Gasteiger partial charge in [-0.25, -0.2) is 0 Å². The van der Waals surface area contributed by atoms with E-state index in [4.69, 9.17) is 0 Å². The second kappa shape index (κ2) is 3.34. The molecule has 0 aromatic heterocycles. The maximum Gasteiger partial charge on any atom is 0.124 e. The Bertz CT molecular complexity index is 393. The summed E-state index contributed by atoms with van der Waals surface area (Å²) in [7, 11) is 0. The number of hydrogen-bond donors (Lipinski definition) is 0. The molecule has 0 heterocycles. The van der Waals surface area contributed by atoms with Crippen molar-refractivity contribution in [2.24, 2.45) is 17.8 Å². The molecule has 2 aliphatic carbocycles. The van der Waals surface area contributed by atoms with Gasteiger partial charge in [0, 0.05) is 11.8 Å². The number of carbonyl (C=O) groups is 1. The van der Waals surface area contributed by atoms with E-state index in [0.29, 0.717) is 17.8 Å². The van der Waals surface area contributed by atoms with Gasteiger partial charge in [-0.2, -0.15) is 0 Å². The maximum absolute atomic E-state index is 11.1. The lowest BCUT2D eigenvalue weighted by Crippen LogP contribution is -2.18. The first-order valence-electron chi connectivity index (χ1n) is 5.58. The number of hydrogen-bond acceptors (Lipinski definition) is 1. The molecular weight excluding hydrogens is 184 g/mol. The molecule has 2 bridgehead atoms. The third kappa shape index (κ3) is 1.26. The molecule has 0 radical (unpaired) electrons. The van der Waals surface area contributed by atoms with Crippen LogP contribution in [0.15, 0.2) is 42.5 Å². The number of rotatable bonds is 2. The molecule has 0 amide bonds. The second-order valence-electron chi connectivity index (χ2n) is 4.60. The monoisotopic (exact) mass is 198 g/mol. The van der Waals surface area contributed by atoms with Gasteiger partial charge in [0.25, 0.3) is 0 Å². The first-order valence-corrected chi connectivity index (χ1v) is 5.58. The van der Waals surface area contributed by atoms with Crippen molar-refractivity contribution in [2.75, 3.05) is 0 Å². The summed E-state index contributed by atoms with van der Waals surface area (Å²) in [5.74, 6) is 1.73. The van der Waals surface area contributed by atoms with Crippen molar-refractivity contribution < 1.29 is 4.79 Å². The van der Waals surface area contributed by atoms with Crippen LogP contribution in [-0.2, 0) is 4.79 Å². The minimum Gasteiger partial charge on any atom is -0.303 e. The Morgan fingerprint density at radius 3 is 2.53 bits per heavy atom. The summed E-state index contributed by atoms with van der Waals surface area (Å²) in [6, 6.07) is 10.5. The number of allylic oxidation sites excluding steroid dienone is 2. The lowest BCUT2D eigenvalue weighted by molar-refractivity contribution is -0.112. The zero-order valence-electron chi connectivity index (χ0n) is 8.54. The van der Waals surface area contributed by atoms with Crippen molar-refractivity contribution in [3.8, 4) is 0 Å². The van der Waals surface area contributed by atoms with E-state index >= 15 is 0 Å². The van der Waals surface area contributed by atoms with Crippen molar-refractivity contribution in [2.45, 2.75) is 12.3 Å². The summed E-state index contributed by atoms with van der Waals surface area (Å²) in [4.78, 5) is 11.1. The Balaban J connectivity index is 1.99. The zero-order valence-corrected chi connectivity index (χ0v) is 8.54. The normalized spacial score (nSPS) is 37.1. The number of fused-ring (bicyclic) bond motifs is 2. The molecule has 15 heavy (non-hydrogen) atoms. The largest absolute Gasteiger partial charge is 0.303 e. The number of carbonyl (C=O) groups excluding carboxylic acids is 1. The maximum atomic E-state index is 11.1. The van der Waals surface area contributed by atoms with E-state index in [9.17, 15) is 4.79 Å². The van der Waals surface area contributed by atoms with Gasteiger partial charge in [0.05, 0.1) is 0 Å². The number of benzene rings is 1. The lowest BCUT2D eigenvalue weighted by Gasteiger charge is -2.24. The zero-order chi connectivity index (χ0) is 10.3. The van der Waals surface area contributed by atoms with Crippen LogP contribution in [0, 0.1) is 17.8 Å². The minimum atomic E-state index is 0.211. The molecule has 1 nitrogen and oxygen atoms in total. The van der Waals surface area contributed by atoms with Crippen LogP contribution in [0.25, 0.3) is 0 Å². The Hall–Kier alpha value is -1.37. The average Bonchev–Trinajstić information content (AvgIpc) is 2.89. The van der Waals surface area contributed by atoms with E-state index in [1.807, 2.05) is 6.07 Å². The van der Waals surface area contributed by atoms with Crippen molar-refractivity contribution >= 4 is 6.29 Å². The Labute approximate surface area is 89.8 Å². The van der Waals surface area contributed by atoms with E-state index in [1.54, 1.807) is 0 Å². The van der Waals surface area contributed by atoms with Gasteiger partial charge in [0.1, 0.15) is 6.29 Å². The topological polar surface area (TPSA) is 17.1 Å².